The van der Waals surface area contributed by atoms with Crippen molar-refractivity contribution in [2.24, 2.45) is 5.41 Å². The number of hydrogen-bond donors (Lipinski definition) is 1. The van der Waals surface area contributed by atoms with Crippen LogP contribution in [-0.4, -0.2) is 72.5 Å². The molecule has 1 saturated heterocycles. The van der Waals surface area contributed by atoms with Gasteiger partial charge in [-0.15, -0.1) is 0 Å². The number of fused-ring (bicyclic) bond motifs is 2. The minimum absolute atomic E-state index is 0.00565. The topological polar surface area (TPSA) is 88.2 Å². The van der Waals surface area contributed by atoms with Gasteiger partial charge in [-0.1, -0.05) is 54.6 Å². The van der Waals surface area contributed by atoms with E-state index in [0.29, 0.717) is 50.9 Å². The summed E-state index contributed by atoms with van der Waals surface area (Å²) >= 11 is 0. The Labute approximate surface area is 303 Å². The molecular formula is C41H46F3N3O5. The predicted molar refractivity (Wildman–Crippen MR) is 190 cm³/mol. The van der Waals surface area contributed by atoms with E-state index in [1.807, 2.05) is 64.4 Å². The van der Waals surface area contributed by atoms with Crippen molar-refractivity contribution < 1.29 is 37.0 Å². The average Bonchev–Trinajstić information content (AvgIpc) is 3.99. The third kappa shape index (κ3) is 8.52. The molecule has 2 heterocycles. The third-order valence-electron chi connectivity index (χ3n) is 10.3. The molecule has 3 aromatic carbocycles. The molecule has 2 fully saturated rings. The molecule has 11 heteroatoms. The highest BCUT2D eigenvalue weighted by molar-refractivity contribution is 6.03. The van der Waals surface area contributed by atoms with Crippen LogP contribution < -0.4 is 10.1 Å². The number of amides is 2. The molecule has 0 aromatic heterocycles. The Morgan fingerprint density at radius 1 is 0.923 bits per heavy atom. The van der Waals surface area contributed by atoms with E-state index in [2.05, 4.69) is 5.32 Å². The number of esters is 1. The first-order valence-electron chi connectivity index (χ1n) is 18.0. The Kier molecular flexibility index (Phi) is 11.4. The van der Waals surface area contributed by atoms with Gasteiger partial charge in [-0.05, 0) is 86.8 Å². The molecule has 0 spiro atoms. The number of ether oxygens (including phenoxy) is 2. The lowest BCUT2D eigenvalue weighted by Gasteiger charge is -2.45. The number of methoxy groups -OCH3 is 1. The zero-order valence-corrected chi connectivity index (χ0v) is 29.9. The van der Waals surface area contributed by atoms with Crippen LogP contribution >= 0.6 is 0 Å². The monoisotopic (exact) mass is 717 g/mol. The molecule has 6 rings (SSSR count). The fraction of sp³-hybridized carbons (Fsp3) is 0.439. The average molecular weight is 718 g/mol. The SMILES string of the molecule is COC(=O)C(C)(C)CCC(=O)N1C[C@H]2CC(c3ccc(CCCOc4c(F)ccc(F)c4F)cc3)=C(C(=O)N(Cc3ccccc3)C3CC3)[C@@H](C1)N2. The predicted octanol–water partition coefficient (Wildman–Crippen LogP) is 6.61. The lowest BCUT2D eigenvalue weighted by atomic mass is 9.82. The molecule has 2 bridgehead atoms. The van der Waals surface area contributed by atoms with Crippen molar-refractivity contribution in [3.05, 3.63) is 106 Å². The summed E-state index contributed by atoms with van der Waals surface area (Å²) in [7, 11) is 1.35. The van der Waals surface area contributed by atoms with Crippen molar-refractivity contribution >= 4 is 23.4 Å². The second-order valence-electron chi connectivity index (χ2n) is 14.7. The van der Waals surface area contributed by atoms with Gasteiger partial charge < -0.3 is 24.6 Å². The van der Waals surface area contributed by atoms with Crippen molar-refractivity contribution in [1.82, 2.24) is 15.1 Å². The first kappa shape index (κ1) is 37.1. The number of carbonyl (C=O) groups is 3. The van der Waals surface area contributed by atoms with Gasteiger partial charge in [0.05, 0.1) is 25.2 Å². The minimum atomic E-state index is -1.34. The van der Waals surface area contributed by atoms with Crippen LogP contribution in [0.2, 0.25) is 0 Å². The van der Waals surface area contributed by atoms with Crippen molar-refractivity contribution in [1.29, 1.82) is 0 Å². The van der Waals surface area contributed by atoms with Crippen LogP contribution in [0, 0.1) is 22.9 Å². The molecule has 1 saturated carbocycles. The van der Waals surface area contributed by atoms with Crippen LogP contribution in [0.25, 0.3) is 5.57 Å². The summed E-state index contributed by atoms with van der Waals surface area (Å²) in [4.78, 5) is 44.3. The standard InChI is InChI=1S/C41H46F3N3O5/c1-41(2,40(50)51-3)20-19-35(48)46-24-29-22-31(28-13-11-26(12-14-28)10-7-21-52-38-33(43)18-17-32(42)37(38)44)36(34(25-46)45-29)39(49)47(30-15-16-30)23-27-8-5-4-6-9-27/h4-6,8-9,11-14,17-18,29-30,34,45H,7,10,15-16,19-25H2,1-3H3/t29-,34-/m1/s1. The quantitative estimate of drug-likeness (QED) is 0.115. The number of carbonyl (C=O) groups excluding carboxylic acids is 3. The fourth-order valence-corrected chi connectivity index (χ4v) is 7.18. The molecule has 52 heavy (non-hydrogen) atoms. The zero-order valence-electron chi connectivity index (χ0n) is 29.9. The molecule has 3 aromatic rings. The lowest BCUT2D eigenvalue weighted by Crippen LogP contribution is -2.62. The van der Waals surface area contributed by atoms with Crippen molar-refractivity contribution in [2.45, 2.75) is 83.5 Å². The van der Waals surface area contributed by atoms with Gasteiger partial charge in [0, 0.05) is 43.7 Å². The van der Waals surface area contributed by atoms with E-state index in [1.165, 1.54) is 7.11 Å². The highest BCUT2D eigenvalue weighted by Gasteiger charge is 2.43. The molecule has 2 atom stereocenters. The van der Waals surface area contributed by atoms with Gasteiger partial charge in [0.25, 0.3) is 5.91 Å². The summed E-state index contributed by atoms with van der Waals surface area (Å²) in [6.07, 6.45) is 4.00. The lowest BCUT2D eigenvalue weighted by molar-refractivity contribution is -0.151. The molecule has 2 amide bonds. The second-order valence-corrected chi connectivity index (χ2v) is 14.7. The number of aryl methyl sites for hydroxylation is 1. The molecule has 0 unspecified atom stereocenters. The van der Waals surface area contributed by atoms with E-state index in [1.54, 1.807) is 13.8 Å². The number of piperazine rings is 1. The molecular weight excluding hydrogens is 671 g/mol. The maximum Gasteiger partial charge on any atom is 0.311 e. The molecule has 2 aliphatic heterocycles. The number of benzene rings is 3. The Morgan fingerprint density at radius 2 is 1.63 bits per heavy atom. The number of hydrogen-bond acceptors (Lipinski definition) is 6. The van der Waals surface area contributed by atoms with Crippen LogP contribution in [0.5, 0.6) is 5.75 Å². The van der Waals surface area contributed by atoms with Gasteiger partial charge in [-0.2, -0.15) is 4.39 Å². The van der Waals surface area contributed by atoms with Crippen LogP contribution in [-0.2, 0) is 32.1 Å². The van der Waals surface area contributed by atoms with Crippen molar-refractivity contribution in [2.75, 3.05) is 26.8 Å². The van der Waals surface area contributed by atoms with Crippen LogP contribution in [0.3, 0.4) is 0 Å². The highest BCUT2D eigenvalue weighted by atomic mass is 19.2. The summed E-state index contributed by atoms with van der Waals surface area (Å²) in [6.45, 7) is 4.88. The van der Waals surface area contributed by atoms with Crippen LogP contribution in [0.15, 0.2) is 72.3 Å². The Balaban J connectivity index is 1.21. The highest BCUT2D eigenvalue weighted by Crippen LogP contribution is 2.38. The summed E-state index contributed by atoms with van der Waals surface area (Å²) in [5, 5.41) is 3.65. The van der Waals surface area contributed by atoms with Crippen molar-refractivity contribution in [3.8, 4) is 5.75 Å². The molecule has 0 radical (unpaired) electrons. The number of halogens is 3. The normalized spacial score (nSPS) is 18.6. The molecule has 1 aliphatic carbocycles. The fourth-order valence-electron chi connectivity index (χ4n) is 7.18. The third-order valence-corrected chi connectivity index (χ3v) is 10.3. The molecule has 1 N–H and O–H groups in total. The van der Waals surface area contributed by atoms with E-state index < -0.39 is 28.6 Å². The van der Waals surface area contributed by atoms with Crippen molar-refractivity contribution in [3.63, 3.8) is 0 Å². The number of rotatable bonds is 14. The van der Waals surface area contributed by atoms with Gasteiger partial charge >= 0.3 is 5.97 Å². The van der Waals surface area contributed by atoms with Gasteiger partial charge in [0.2, 0.25) is 11.7 Å². The van der Waals surface area contributed by atoms with E-state index in [-0.39, 0.29) is 48.9 Å². The zero-order chi connectivity index (χ0) is 37.0. The summed E-state index contributed by atoms with van der Waals surface area (Å²) < 4.78 is 51.6. The summed E-state index contributed by atoms with van der Waals surface area (Å²) in [5.74, 6) is -4.61. The Morgan fingerprint density at radius 3 is 2.33 bits per heavy atom. The Bertz CT molecular complexity index is 1810. The number of nitrogens with one attached hydrogen (secondary N) is 1. The van der Waals surface area contributed by atoms with Gasteiger partial charge in [0.1, 0.15) is 0 Å². The number of nitrogens with zero attached hydrogens (tertiary/aromatic N) is 2. The van der Waals surface area contributed by atoms with Gasteiger partial charge in [0.15, 0.2) is 17.4 Å². The second kappa shape index (κ2) is 15.9. The molecule has 8 nitrogen and oxygen atoms in total. The Hall–Kier alpha value is -4.64. The van der Waals surface area contributed by atoms with Crippen LogP contribution in [0.1, 0.15) is 69.1 Å². The molecule has 3 aliphatic rings. The summed E-state index contributed by atoms with van der Waals surface area (Å²) in [5.41, 5.74) is 3.80. The van der Waals surface area contributed by atoms with E-state index >= 15 is 0 Å². The van der Waals surface area contributed by atoms with Gasteiger partial charge in [-0.25, -0.2) is 8.78 Å². The smallest absolute Gasteiger partial charge is 0.311 e. The maximum absolute atomic E-state index is 14.7. The maximum atomic E-state index is 14.7. The largest absolute Gasteiger partial charge is 0.488 e. The van der Waals surface area contributed by atoms with Gasteiger partial charge in [-0.3, -0.25) is 14.4 Å². The summed E-state index contributed by atoms with van der Waals surface area (Å²) in [6, 6.07) is 19.2. The first-order valence-corrected chi connectivity index (χ1v) is 18.0. The van der Waals surface area contributed by atoms with E-state index in [4.69, 9.17) is 9.47 Å². The minimum Gasteiger partial charge on any atom is -0.488 e. The molecule has 276 valence electrons. The first-order chi connectivity index (χ1) is 24.9. The van der Waals surface area contributed by atoms with E-state index in [9.17, 15) is 27.6 Å². The van der Waals surface area contributed by atoms with Crippen LogP contribution in [0.4, 0.5) is 13.2 Å². The van der Waals surface area contributed by atoms with E-state index in [0.717, 1.165) is 47.2 Å².